The molecule has 2 rings (SSSR count). The highest BCUT2D eigenvalue weighted by molar-refractivity contribution is 7.15. The number of rotatable bonds is 3. The van der Waals surface area contributed by atoms with Crippen molar-refractivity contribution < 1.29 is 4.79 Å². The van der Waals surface area contributed by atoms with Crippen LogP contribution in [0.3, 0.4) is 0 Å². The predicted molar refractivity (Wildman–Crippen MR) is 66.5 cm³/mol. The minimum atomic E-state index is -0.231. The van der Waals surface area contributed by atoms with E-state index in [9.17, 15) is 4.79 Å². The second-order valence-corrected chi connectivity index (χ2v) is 4.42. The average Bonchev–Trinajstić information content (AvgIpc) is 2.73. The van der Waals surface area contributed by atoms with Crippen molar-refractivity contribution in [1.29, 1.82) is 0 Å². The smallest absolute Gasteiger partial charge is 0.250 e. The number of pyridine rings is 1. The lowest BCUT2D eigenvalue weighted by molar-refractivity contribution is -0.111. The molecular formula is C11H10N4OS. The molecule has 0 bridgehead atoms. The first-order valence-electron chi connectivity index (χ1n) is 4.93. The minimum Gasteiger partial charge on any atom is -0.297 e. The molecule has 2 aromatic rings. The van der Waals surface area contributed by atoms with Gasteiger partial charge in [-0.2, -0.15) is 0 Å². The van der Waals surface area contributed by atoms with E-state index in [2.05, 4.69) is 20.5 Å². The number of aryl methyl sites for hydroxylation is 1. The van der Waals surface area contributed by atoms with Gasteiger partial charge in [0.25, 0.3) is 0 Å². The van der Waals surface area contributed by atoms with E-state index in [0.717, 1.165) is 10.6 Å². The number of nitrogens with one attached hydrogen (secondary N) is 1. The first-order valence-corrected chi connectivity index (χ1v) is 5.75. The molecular weight excluding hydrogens is 236 g/mol. The zero-order chi connectivity index (χ0) is 12.1. The Bertz CT molecular complexity index is 535. The molecule has 1 N–H and O–H groups in total. The Balaban J connectivity index is 1.96. The van der Waals surface area contributed by atoms with Crippen LogP contribution in [0.4, 0.5) is 5.13 Å². The Kier molecular flexibility index (Phi) is 3.56. The van der Waals surface area contributed by atoms with E-state index in [4.69, 9.17) is 0 Å². The molecule has 0 aromatic carbocycles. The maximum Gasteiger partial charge on any atom is 0.250 e. The monoisotopic (exact) mass is 246 g/mol. The number of aromatic nitrogens is 3. The highest BCUT2D eigenvalue weighted by atomic mass is 32.1. The molecule has 0 saturated heterocycles. The summed E-state index contributed by atoms with van der Waals surface area (Å²) in [6.07, 6.45) is 6.49. The van der Waals surface area contributed by atoms with Gasteiger partial charge in [0.1, 0.15) is 5.01 Å². The van der Waals surface area contributed by atoms with E-state index in [1.54, 1.807) is 18.5 Å². The van der Waals surface area contributed by atoms with Crippen LogP contribution in [-0.4, -0.2) is 21.1 Å². The van der Waals surface area contributed by atoms with Gasteiger partial charge in [0.05, 0.1) is 0 Å². The van der Waals surface area contributed by atoms with E-state index < -0.39 is 0 Å². The van der Waals surface area contributed by atoms with E-state index in [1.165, 1.54) is 17.4 Å². The van der Waals surface area contributed by atoms with Crippen LogP contribution in [0, 0.1) is 6.92 Å². The van der Waals surface area contributed by atoms with Crippen molar-refractivity contribution in [2.24, 2.45) is 0 Å². The molecule has 6 heteroatoms. The fourth-order valence-corrected chi connectivity index (χ4v) is 1.74. The molecule has 0 aliphatic carbocycles. The number of hydrogen-bond acceptors (Lipinski definition) is 5. The van der Waals surface area contributed by atoms with Gasteiger partial charge in [-0.05, 0) is 24.6 Å². The number of anilines is 1. The zero-order valence-electron chi connectivity index (χ0n) is 9.12. The van der Waals surface area contributed by atoms with Crippen molar-refractivity contribution in [2.45, 2.75) is 6.92 Å². The highest BCUT2D eigenvalue weighted by Crippen LogP contribution is 2.13. The van der Waals surface area contributed by atoms with Crippen LogP contribution in [0.2, 0.25) is 0 Å². The van der Waals surface area contributed by atoms with Crippen LogP contribution >= 0.6 is 11.3 Å². The lowest BCUT2D eigenvalue weighted by atomic mass is 10.2. The number of nitrogens with zero attached hydrogens (tertiary/aromatic N) is 3. The predicted octanol–water partition coefficient (Wildman–Crippen LogP) is 1.89. The van der Waals surface area contributed by atoms with Gasteiger partial charge in [0.2, 0.25) is 11.0 Å². The summed E-state index contributed by atoms with van der Waals surface area (Å²) >= 11 is 1.34. The lowest BCUT2D eigenvalue weighted by Gasteiger charge is -1.94. The van der Waals surface area contributed by atoms with Crippen LogP contribution in [-0.2, 0) is 4.79 Å². The first kappa shape index (κ1) is 11.4. The average molecular weight is 246 g/mol. The molecule has 0 unspecified atom stereocenters. The van der Waals surface area contributed by atoms with Crippen molar-refractivity contribution >= 4 is 28.5 Å². The molecule has 2 aromatic heterocycles. The summed E-state index contributed by atoms with van der Waals surface area (Å²) in [5, 5.41) is 11.6. The Morgan fingerprint density at radius 3 is 3.00 bits per heavy atom. The lowest BCUT2D eigenvalue weighted by Crippen LogP contribution is -2.07. The maximum atomic E-state index is 11.5. The third-order valence-electron chi connectivity index (χ3n) is 1.87. The Hall–Kier alpha value is -2.08. The molecule has 0 aliphatic heterocycles. The summed E-state index contributed by atoms with van der Waals surface area (Å²) in [6.45, 7) is 1.83. The first-order chi connectivity index (χ1) is 8.24. The van der Waals surface area contributed by atoms with Crippen LogP contribution < -0.4 is 5.32 Å². The molecule has 0 aliphatic rings. The standard InChI is InChI=1S/C11H10N4OS/c1-8-14-15-11(17-8)13-10(16)5-4-9-3-2-6-12-7-9/h2-7H,1H3,(H,13,15,16). The topological polar surface area (TPSA) is 67.8 Å². The van der Waals surface area contributed by atoms with Gasteiger partial charge in [0, 0.05) is 18.5 Å². The van der Waals surface area contributed by atoms with Crippen LogP contribution in [0.5, 0.6) is 0 Å². The molecule has 0 atom stereocenters. The molecule has 5 nitrogen and oxygen atoms in total. The van der Waals surface area contributed by atoms with E-state index in [1.807, 2.05) is 19.1 Å². The van der Waals surface area contributed by atoms with Crippen LogP contribution in [0.25, 0.3) is 6.08 Å². The van der Waals surface area contributed by atoms with Crippen molar-refractivity contribution in [2.75, 3.05) is 5.32 Å². The summed E-state index contributed by atoms with van der Waals surface area (Å²) in [5.41, 5.74) is 0.871. The van der Waals surface area contributed by atoms with Gasteiger partial charge in [0.15, 0.2) is 0 Å². The second kappa shape index (κ2) is 5.31. The Morgan fingerprint density at radius 1 is 1.47 bits per heavy atom. The number of amides is 1. The van der Waals surface area contributed by atoms with Gasteiger partial charge in [-0.15, -0.1) is 10.2 Å². The molecule has 17 heavy (non-hydrogen) atoms. The third-order valence-corrected chi connectivity index (χ3v) is 2.62. The zero-order valence-corrected chi connectivity index (χ0v) is 9.94. The summed E-state index contributed by atoms with van der Waals surface area (Å²) < 4.78 is 0. The van der Waals surface area contributed by atoms with Gasteiger partial charge in [-0.3, -0.25) is 15.1 Å². The summed E-state index contributed by atoms with van der Waals surface area (Å²) in [5.74, 6) is -0.231. The fourth-order valence-electron chi connectivity index (χ4n) is 1.14. The summed E-state index contributed by atoms with van der Waals surface area (Å²) in [6, 6.07) is 3.68. The normalized spacial score (nSPS) is 10.6. The maximum absolute atomic E-state index is 11.5. The van der Waals surface area contributed by atoms with E-state index >= 15 is 0 Å². The van der Waals surface area contributed by atoms with Gasteiger partial charge >= 0.3 is 0 Å². The minimum absolute atomic E-state index is 0.231. The SMILES string of the molecule is Cc1nnc(NC(=O)C=Cc2cccnc2)s1. The Labute approximate surface area is 102 Å². The summed E-state index contributed by atoms with van der Waals surface area (Å²) in [7, 11) is 0. The van der Waals surface area contributed by atoms with E-state index in [0.29, 0.717) is 5.13 Å². The highest BCUT2D eigenvalue weighted by Gasteiger charge is 2.02. The van der Waals surface area contributed by atoms with Gasteiger partial charge in [-0.1, -0.05) is 17.4 Å². The molecule has 0 saturated carbocycles. The molecule has 2 heterocycles. The largest absolute Gasteiger partial charge is 0.297 e. The van der Waals surface area contributed by atoms with Crippen molar-refractivity contribution in [3.8, 4) is 0 Å². The third kappa shape index (κ3) is 3.46. The number of carbonyl (C=O) groups excluding carboxylic acids is 1. The summed E-state index contributed by atoms with van der Waals surface area (Å²) in [4.78, 5) is 15.5. The van der Waals surface area contributed by atoms with Crippen LogP contribution in [0.15, 0.2) is 30.6 Å². The van der Waals surface area contributed by atoms with Gasteiger partial charge in [-0.25, -0.2) is 0 Å². The van der Waals surface area contributed by atoms with E-state index in [-0.39, 0.29) is 5.91 Å². The number of hydrogen-bond donors (Lipinski definition) is 1. The van der Waals surface area contributed by atoms with Crippen LogP contribution in [0.1, 0.15) is 10.6 Å². The molecule has 0 spiro atoms. The molecule has 0 fully saturated rings. The molecule has 0 radical (unpaired) electrons. The van der Waals surface area contributed by atoms with Crippen molar-refractivity contribution in [3.05, 3.63) is 41.2 Å². The number of carbonyl (C=O) groups is 1. The van der Waals surface area contributed by atoms with Gasteiger partial charge < -0.3 is 0 Å². The quantitative estimate of drug-likeness (QED) is 0.840. The molecule has 86 valence electrons. The Morgan fingerprint density at radius 2 is 2.35 bits per heavy atom. The second-order valence-electron chi connectivity index (χ2n) is 3.24. The van der Waals surface area contributed by atoms with Crippen molar-refractivity contribution in [3.63, 3.8) is 0 Å². The fraction of sp³-hybridized carbons (Fsp3) is 0.0909. The molecule has 1 amide bonds. The van der Waals surface area contributed by atoms with Crippen molar-refractivity contribution in [1.82, 2.24) is 15.2 Å².